The first-order chi connectivity index (χ1) is 12.9. The van der Waals surface area contributed by atoms with E-state index in [2.05, 4.69) is 0 Å². The number of hydrogen-bond donors (Lipinski definition) is 1. The molecule has 0 saturated heterocycles. The molecule has 0 aromatic heterocycles. The molecule has 28 heavy (non-hydrogen) atoms. The molecular formula is C19H29NO8. The van der Waals surface area contributed by atoms with Crippen LogP contribution in [0.5, 0.6) is 0 Å². The van der Waals surface area contributed by atoms with Crippen molar-refractivity contribution in [3.63, 3.8) is 0 Å². The number of hydrogen-bond acceptors (Lipinski definition) is 9. The highest BCUT2D eigenvalue weighted by atomic mass is 16.6. The average molecular weight is 399 g/mol. The monoisotopic (exact) mass is 399 g/mol. The molecule has 0 bridgehead atoms. The van der Waals surface area contributed by atoms with E-state index in [4.69, 9.17) is 24.7 Å². The Morgan fingerprint density at radius 3 is 2.07 bits per heavy atom. The Morgan fingerprint density at radius 2 is 1.61 bits per heavy atom. The van der Waals surface area contributed by atoms with Gasteiger partial charge in [0.25, 0.3) is 0 Å². The lowest BCUT2D eigenvalue weighted by molar-refractivity contribution is -0.184. The summed E-state index contributed by atoms with van der Waals surface area (Å²) in [5, 5.41) is 0. The van der Waals surface area contributed by atoms with Crippen molar-refractivity contribution in [2.45, 2.75) is 65.2 Å². The Bertz CT molecular complexity index is 684. The van der Waals surface area contributed by atoms with E-state index >= 15 is 0 Å². The van der Waals surface area contributed by atoms with E-state index in [0.29, 0.717) is 0 Å². The van der Waals surface area contributed by atoms with Gasteiger partial charge in [-0.2, -0.15) is 0 Å². The van der Waals surface area contributed by atoms with Gasteiger partial charge in [0.1, 0.15) is 11.7 Å². The Hall–Kier alpha value is -2.16. The van der Waals surface area contributed by atoms with E-state index in [0.717, 1.165) is 0 Å². The van der Waals surface area contributed by atoms with Crippen LogP contribution in [0.4, 0.5) is 0 Å². The predicted octanol–water partition coefficient (Wildman–Crippen LogP) is 0.720. The summed E-state index contributed by atoms with van der Waals surface area (Å²) in [7, 11) is 0. The third-order valence-corrected chi connectivity index (χ3v) is 5.19. The largest absolute Gasteiger partial charge is 0.466 e. The minimum atomic E-state index is -1.97. The van der Waals surface area contributed by atoms with Gasteiger partial charge in [0.15, 0.2) is 5.41 Å². The van der Waals surface area contributed by atoms with E-state index < -0.39 is 58.4 Å². The van der Waals surface area contributed by atoms with Crippen LogP contribution in [0.3, 0.4) is 0 Å². The second-order valence-electron chi connectivity index (χ2n) is 8.17. The number of carbonyl (C=O) groups is 4. The molecule has 9 heteroatoms. The molecule has 158 valence electrons. The van der Waals surface area contributed by atoms with Gasteiger partial charge < -0.3 is 24.7 Å². The molecule has 0 aromatic carbocycles. The molecule has 0 aromatic rings. The van der Waals surface area contributed by atoms with Crippen LogP contribution in [-0.4, -0.2) is 54.3 Å². The van der Waals surface area contributed by atoms with Gasteiger partial charge in [-0.05, 0) is 34.6 Å². The molecule has 0 unspecified atom stereocenters. The van der Waals surface area contributed by atoms with Crippen molar-refractivity contribution in [2.75, 3.05) is 13.2 Å². The Balaban J connectivity index is 2.55. The van der Waals surface area contributed by atoms with Crippen molar-refractivity contribution >= 4 is 23.9 Å². The van der Waals surface area contributed by atoms with E-state index in [-0.39, 0.29) is 19.6 Å². The molecular weight excluding hydrogens is 370 g/mol. The third-order valence-electron chi connectivity index (χ3n) is 5.19. The molecule has 2 aliphatic carbocycles. The van der Waals surface area contributed by atoms with Crippen molar-refractivity contribution in [2.24, 2.45) is 23.0 Å². The van der Waals surface area contributed by atoms with Crippen molar-refractivity contribution in [1.82, 2.24) is 0 Å². The normalized spacial score (nSPS) is 33.5. The smallest absolute Gasteiger partial charge is 0.326 e. The van der Waals surface area contributed by atoms with Gasteiger partial charge in [-0.3, -0.25) is 19.2 Å². The van der Waals surface area contributed by atoms with Crippen LogP contribution in [0.25, 0.3) is 0 Å². The number of ether oxygens (including phenoxy) is 4. The van der Waals surface area contributed by atoms with E-state index in [1.54, 1.807) is 34.6 Å². The van der Waals surface area contributed by atoms with Crippen LogP contribution in [-0.2, 0) is 38.1 Å². The van der Waals surface area contributed by atoms with Crippen LogP contribution >= 0.6 is 0 Å². The van der Waals surface area contributed by atoms with E-state index in [1.807, 2.05) is 0 Å². The number of esters is 4. The van der Waals surface area contributed by atoms with E-state index in [1.165, 1.54) is 6.92 Å². The molecule has 2 N–H and O–H groups in total. The van der Waals surface area contributed by atoms with E-state index in [9.17, 15) is 19.2 Å². The molecule has 0 amide bonds. The number of fused-ring (bicyclic) bond motifs is 1. The Kier molecular flexibility index (Phi) is 5.81. The van der Waals surface area contributed by atoms with Crippen molar-refractivity contribution in [3.8, 4) is 0 Å². The standard InChI is InChI=1S/C19H29NO8/c1-7-25-14(22)13-12-11(27-10(3)21)9-18(19(12,13)20,15(23)26-8-2)16(24)28-17(4,5)6/h11-13H,7-9,20H2,1-6H3/t11-,12+,13-,18-,19-/m0/s1. The first-order valence-electron chi connectivity index (χ1n) is 9.40. The van der Waals surface area contributed by atoms with Gasteiger partial charge in [-0.25, -0.2) is 0 Å². The maximum Gasteiger partial charge on any atom is 0.326 e. The molecule has 2 aliphatic rings. The van der Waals surface area contributed by atoms with Gasteiger partial charge in [-0.15, -0.1) is 0 Å². The summed E-state index contributed by atoms with van der Waals surface area (Å²) in [5.74, 6) is -4.77. The zero-order valence-electron chi connectivity index (χ0n) is 17.2. The summed E-state index contributed by atoms with van der Waals surface area (Å²) in [6.45, 7) is 9.50. The number of rotatable bonds is 6. The third kappa shape index (κ3) is 3.36. The summed E-state index contributed by atoms with van der Waals surface area (Å²) < 4.78 is 21.0. The summed E-state index contributed by atoms with van der Waals surface area (Å²) >= 11 is 0. The minimum absolute atomic E-state index is 0.00638. The average Bonchev–Trinajstić information content (AvgIpc) is 3.08. The SMILES string of the molecule is CCOC(=O)[C@@H]1[C@H]2[C@@H](OC(C)=O)C[C@](C(=O)OCC)(C(=O)OC(C)(C)C)[C@]21N. The second-order valence-corrected chi connectivity index (χ2v) is 8.17. The van der Waals surface area contributed by atoms with Gasteiger partial charge in [0.05, 0.1) is 24.7 Å². The molecule has 0 radical (unpaired) electrons. The first-order valence-corrected chi connectivity index (χ1v) is 9.40. The maximum absolute atomic E-state index is 13.2. The first kappa shape index (κ1) is 22.1. The summed E-state index contributed by atoms with van der Waals surface area (Å²) in [4.78, 5) is 50.3. The van der Waals surface area contributed by atoms with Crippen LogP contribution in [0.2, 0.25) is 0 Å². The highest BCUT2D eigenvalue weighted by Gasteiger charge is 2.88. The second kappa shape index (κ2) is 7.35. The van der Waals surface area contributed by atoms with Crippen LogP contribution < -0.4 is 5.73 Å². The molecule has 2 rings (SSSR count). The lowest BCUT2D eigenvalue weighted by atomic mass is 9.76. The molecule has 0 aliphatic heterocycles. The van der Waals surface area contributed by atoms with Gasteiger partial charge >= 0.3 is 23.9 Å². The fourth-order valence-electron chi connectivity index (χ4n) is 4.24. The number of nitrogens with two attached hydrogens (primary N) is 1. The van der Waals surface area contributed by atoms with Gasteiger partial charge in [-0.1, -0.05) is 0 Å². The molecule has 2 fully saturated rings. The molecule has 0 spiro atoms. The van der Waals surface area contributed by atoms with Crippen molar-refractivity contribution in [1.29, 1.82) is 0 Å². The van der Waals surface area contributed by atoms with Crippen LogP contribution in [0.1, 0.15) is 48.0 Å². The quantitative estimate of drug-likeness (QED) is 0.390. The predicted molar refractivity (Wildman–Crippen MR) is 95.6 cm³/mol. The maximum atomic E-state index is 13.2. The highest BCUT2D eigenvalue weighted by Crippen LogP contribution is 2.69. The van der Waals surface area contributed by atoms with Gasteiger partial charge in [0.2, 0.25) is 0 Å². The zero-order chi connectivity index (χ0) is 21.5. The minimum Gasteiger partial charge on any atom is -0.466 e. The zero-order valence-corrected chi connectivity index (χ0v) is 17.2. The Labute approximate surface area is 164 Å². The van der Waals surface area contributed by atoms with Crippen molar-refractivity contribution in [3.05, 3.63) is 0 Å². The van der Waals surface area contributed by atoms with Gasteiger partial charge in [0, 0.05) is 19.3 Å². The summed E-state index contributed by atoms with van der Waals surface area (Å²) in [6.07, 6.45) is -1.12. The lowest BCUT2D eigenvalue weighted by Crippen LogP contribution is -2.58. The lowest BCUT2D eigenvalue weighted by Gasteiger charge is -2.35. The van der Waals surface area contributed by atoms with Crippen molar-refractivity contribution < 1.29 is 38.1 Å². The molecule has 9 nitrogen and oxygen atoms in total. The fourth-order valence-corrected chi connectivity index (χ4v) is 4.24. The van der Waals surface area contributed by atoms with Crippen LogP contribution in [0, 0.1) is 17.3 Å². The Morgan fingerprint density at radius 1 is 1.04 bits per heavy atom. The summed E-state index contributed by atoms with van der Waals surface area (Å²) in [5.41, 5.74) is 2.03. The topological polar surface area (TPSA) is 131 Å². The number of carbonyl (C=O) groups excluding carboxylic acids is 4. The summed E-state index contributed by atoms with van der Waals surface area (Å²) in [6, 6.07) is 0. The highest BCUT2D eigenvalue weighted by molar-refractivity contribution is 6.05. The van der Waals surface area contributed by atoms with Crippen LogP contribution in [0.15, 0.2) is 0 Å². The molecule has 5 atom stereocenters. The molecule has 2 saturated carbocycles. The fraction of sp³-hybridized carbons (Fsp3) is 0.789. The molecule has 0 heterocycles.